The van der Waals surface area contributed by atoms with Crippen LogP contribution in [-0.2, 0) is 24.1 Å². The molecule has 2 amide bonds. The van der Waals surface area contributed by atoms with Crippen LogP contribution in [0.5, 0.6) is 0 Å². The van der Waals surface area contributed by atoms with Gasteiger partial charge in [-0.1, -0.05) is 34.2 Å². The molecule has 0 bridgehead atoms. The molecule has 0 spiro atoms. The van der Waals surface area contributed by atoms with Crippen LogP contribution in [-0.4, -0.2) is 46.5 Å². The first-order valence-electron chi connectivity index (χ1n) is 9.98. The van der Waals surface area contributed by atoms with Crippen molar-refractivity contribution < 1.29 is 22.8 Å². The van der Waals surface area contributed by atoms with E-state index in [1.54, 1.807) is 24.3 Å². The molecule has 2 aromatic heterocycles. The summed E-state index contributed by atoms with van der Waals surface area (Å²) < 4.78 is 41.7. The number of amides is 2. The number of imide groups is 1. The van der Waals surface area contributed by atoms with Crippen LogP contribution in [0.15, 0.2) is 47.5 Å². The maximum atomic E-state index is 13.4. The first-order valence-corrected chi connectivity index (χ1v) is 11.2. The van der Waals surface area contributed by atoms with Gasteiger partial charge in [0.15, 0.2) is 0 Å². The summed E-state index contributed by atoms with van der Waals surface area (Å²) in [5.74, 6) is -0.464. The minimum atomic E-state index is -4.57. The van der Waals surface area contributed by atoms with Gasteiger partial charge in [0.1, 0.15) is 11.2 Å². The number of nitrogens with one attached hydrogen (secondary N) is 1. The Morgan fingerprint density at radius 3 is 2.66 bits per heavy atom. The zero-order chi connectivity index (χ0) is 24.7. The molecule has 1 aliphatic rings. The summed E-state index contributed by atoms with van der Waals surface area (Å²) in [5.41, 5.74) is 1.11. The molecule has 0 radical (unpaired) electrons. The van der Waals surface area contributed by atoms with E-state index >= 15 is 0 Å². The highest BCUT2D eigenvalue weighted by Crippen LogP contribution is 2.35. The number of aromatic nitrogens is 6. The molecule has 0 unspecified atom stereocenters. The predicted molar refractivity (Wildman–Crippen MR) is 121 cm³/mol. The van der Waals surface area contributed by atoms with Gasteiger partial charge in [0, 0.05) is 11.2 Å². The van der Waals surface area contributed by atoms with Crippen molar-refractivity contribution in [1.82, 2.24) is 35.3 Å². The summed E-state index contributed by atoms with van der Waals surface area (Å²) in [6.45, 7) is -0.167. The number of halogens is 4. The summed E-state index contributed by atoms with van der Waals surface area (Å²) >= 11 is 6.55. The van der Waals surface area contributed by atoms with Crippen molar-refractivity contribution in [2.45, 2.75) is 19.3 Å². The molecule has 35 heavy (non-hydrogen) atoms. The van der Waals surface area contributed by atoms with Gasteiger partial charge in [-0.2, -0.15) is 13.2 Å². The zero-order valence-corrected chi connectivity index (χ0v) is 19.0. The predicted octanol–water partition coefficient (Wildman–Crippen LogP) is 4.51. The number of alkyl halides is 3. The van der Waals surface area contributed by atoms with Gasteiger partial charge in [-0.3, -0.25) is 19.6 Å². The van der Waals surface area contributed by atoms with Crippen LogP contribution < -0.4 is 0 Å². The third kappa shape index (κ3) is 4.64. The molecule has 3 heterocycles. The number of rotatable bonds is 5. The maximum absolute atomic E-state index is 13.4. The minimum absolute atomic E-state index is 0.00133. The third-order valence-electron chi connectivity index (χ3n) is 5.19. The van der Waals surface area contributed by atoms with Gasteiger partial charge in [-0.15, -0.1) is 10.2 Å². The van der Waals surface area contributed by atoms with Crippen molar-refractivity contribution in [2.24, 2.45) is 0 Å². The maximum Gasteiger partial charge on any atom is 0.416 e. The van der Waals surface area contributed by atoms with Gasteiger partial charge >= 0.3 is 6.18 Å². The molecule has 1 N–H and O–H groups in total. The largest absolute Gasteiger partial charge is 0.416 e. The van der Waals surface area contributed by atoms with Crippen LogP contribution in [0.4, 0.5) is 18.0 Å². The van der Waals surface area contributed by atoms with Crippen molar-refractivity contribution in [3.63, 3.8) is 0 Å². The van der Waals surface area contributed by atoms with Crippen molar-refractivity contribution in [3.05, 3.63) is 74.9 Å². The quantitative estimate of drug-likeness (QED) is 0.386. The first kappa shape index (κ1) is 23.1. The number of thioether (sulfide) groups is 1. The summed E-state index contributed by atoms with van der Waals surface area (Å²) in [7, 11) is 0. The van der Waals surface area contributed by atoms with Crippen LogP contribution in [0.2, 0.25) is 5.02 Å². The Hall–Kier alpha value is -3.71. The summed E-state index contributed by atoms with van der Waals surface area (Å²) in [5, 5.41) is 17.4. The minimum Gasteiger partial charge on any atom is -0.268 e. The van der Waals surface area contributed by atoms with Gasteiger partial charge in [0.25, 0.3) is 11.1 Å². The number of H-pyrrole nitrogens is 1. The van der Waals surface area contributed by atoms with Crippen LogP contribution in [0.3, 0.4) is 0 Å². The second-order valence-electron chi connectivity index (χ2n) is 7.53. The molecule has 5 rings (SSSR count). The third-order valence-corrected chi connectivity index (χ3v) is 6.34. The van der Waals surface area contributed by atoms with E-state index in [9.17, 15) is 22.8 Å². The Labute approximate surface area is 203 Å². The van der Waals surface area contributed by atoms with Crippen LogP contribution >= 0.6 is 23.4 Å². The van der Waals surface area contributed by atoms with E-state index in [1.807, 2.05) is 0 Å². The second kappa shape index (κ2) is 8.82. The molecule has 178 valence electrons. The van der Waals surface area contributed by atoms with Crippen LogP contribution in [0.1, 0.15) is 22.4 Å². The number of fused-ring (bicyclic) bond motifs is 1. The lowest BCUT2D eigenvalue weighted by atomic mass is 10.1. The Kier molecular flexibility index (Phi) is 5.81. The first-order chi connectivity index (χ1) is 16.7. The highest BCUT2D eigenvalue weighted by Gasteiger charge is 2.36. The summed E-state index contributed by atoms with van der Waals surface area (Å²) in [4.78, 5) is 26.2. The number of carbonyl (C=O) groups excluding carboxylic acids is 2. The van der Waals surface area contributed by atoms with E-state index in [0.29, 0.717) is 22.3 Å². The molecule has 0 saturated carbocycles. The number of benzene rings is 2. The van der Waals surface area contributed by atoms with Crippen molar-refractivity contribution >= 4 is 51.6 Å². The lowest BCUT2D eigenvalue weighted by Gasteiger charge is -2.13. The van der Waals surface area contributed by atoms with Gasteiger partial charge in [0.05, 0.1) is 29.1 Å². The van der Waals surface area contributed by atoms with Crippen LogP contribution in [0, 0.1) is 0 Å². The summed E-state index contributed by atoms with van der Waals surface area (Å²) in [6, 6.07) is 8.52. The van der Waals surface area contributed by atoms with Gasteiger partial charge in [0.2, 0.25) is 0 Å². The standard InChI is InChI=1S/C21H13ClF3N7O2S/c22-13-3-2-12(15(7-13)21(23,24)25)9-32-17-4-1-11(5-16(17)28-30-32)6-18-19(33)31(20(34)35-18)10-14-8-26-29-27-14/h1-8H,9-10H2,(H,26,27,29). The topological polar surface area (TPSA) is 110 Å². The van der Waals surface area contributed by atoms with E-state index in [0.717, 1.165) is 22.7 Å². The molecule has 1 aliphatic heterocycles. The van der Waals surface area contributed by atoms with Crippen molar-refractivity contribution in [1.29, 1.82) is 0 Å². The smallest absolute Gasteiger partial charge is 0.268 e. The molecule has 1 saturated heterocycles. The Bertz CT molecular complexity index is 1480. The Morgan fingerprint density at radius 2 is 1.91 bits per heavy atom. The Morgan fingerprint density at radius 1 is 1.09 bits per heavy atom. The Balaban J connectivity index is 1.40. The lowest BCUT2D eigenvalue weighted by molar-refractivity contribution is -0.138. The monoisotopic (exact) mass is 519 g/mol. The number of hydrogen-bond acceptors (Lipinski definition) is 7. The molecule has 9 nitrogen and oxygen atoms in total. The highest BCUT2D eigenvalue weighted by atomic mass is 35.5. The molecule has 0 atom stereocenters. The molecular formula is C21H13ClF3N7O2S. The van der Waals surface area contributed by atoms with Crippen LogP contribution in [0.25, 0.3) is 17.1 Å². The van der Waals surface area contributed by atoms with E-state index < -0.39 is 22.9 Å². The molecule has 14 heteroatoms. The number of nitrogens with zero attached hydrogens (tertiary/aromatic N) is 6. The fourth-order valence-electron chi connectivity index (χ4n) is 3.56. The summed E-state index contributed by atoms with van der Waals surface area (Å²) in [6.07, 6.45) is -1.53. The van der Waals surface area contributed by atoms with Crippen molar-refractivity contribution in [3.8, 4) is 0 Å². The SMILES string of the molecule is O=C1SC(=Cc2ccc3c(c2)nnn3Cc2ccc(Cl)cc2C(F)(F)F)C(=O)N1Cc1c[nH]nn1. The number of hydrogen-bond donors (Lipinski definition) is 1. The van der Waals surface area contributed by atoms with Gasteiger partial charge in [-0.05, 0) is 53.2 Å². The normalized spacial score (nSPS) is 15.7. The van der Waals surface area contributed by atoms with E-state index in [2.05, 4.69) is 25.7 Å². The van der Waals surface area contributed by atoms with E-state index in [-0.39, 0.29) is 28.6 Å². The highest BCUT2D eigenvalue weighted by molar-refractivity contribution is 8.18. The molecule has 0 aliphatic carbocycles. The fraction of sp³-hybridized carbons (Fsp3) is 0.143. The molecular weight excluding hydrogens is 507 g/mol. The fourth-order valence-corrected chi connectivity index (χ4v) is 4.57. The average Bonchev–Trinajstić information content (AvgIpc) is 3.52. The number of carbonyl (C=O) groups is 2. The van der Waals surface area contributed by atoms with Gasteiger partial charge < -0.3 is 0 Å². The number of aromatic amines is 1. The average molecular weight is 520 g/mol. The second-order valence-corrected chi connectivity index (χ2v) is 8.96. The molecule has 2 aromatic carbocycles. The van der Waals surface area contributed by atoms with E-state index in [4.69, 9.17) is 11.6 Å². The lowest BCUT2D eigenvalue weighted by Crippen LogP contribution is -2.27. The zero-order valence-electron chi connectivity index (χ0n) is 17.5. The van der Waals surface area contributed by atoms with E-state index in [1.165, 1.54) is 23.0 Å². The van der Waals surface area contributed by atoms with Crippen molar-refractivity contribution in [2.75, 3.05) is 0 Å². The van der Waals surface area contributed by atoms with Gasteiger partial charge in [-0.25, -0.2) is 4.68 Å². The molecule has 4 aromatic rings. The molecule has 1 fully saturated rings.